The van der Waals surface area contributed by atoms with E-state index in [0.29, 0.717) is 21.2 Å². The van der Waals surface area contributed by atoms with E-state index in [0.717, 1.165) is 0 Å². The van der Waals surface area contributed by atoms with E-state index in [9.17, 15) is 20.4 Å². The van der Waals surface area contributed by atoms with Crippen LogP contribution in [0.1, 0.15) is 24.0 Å². The van der Waals surface area contributed by atoms with Gasteiger partial charge in [0.25, 0.3) is 0 Å². The van der Waals surface area contributed by atoms with Crippen molar-refractivity contribution in [3.8, 4) is 0 Å². The first-order chi connectivity index (χ1) is 11.3. The number of hydrogen-bond acceptors (Lipinski definition) is 4. The van der Waals surface area contributed by atoms with E-state index in [1.165, 1.54) is 6.92 Å². The average molecular weight is 371 g/mol. The fourth-order valence-corrected chi connectivity index (χ4v) is 2.86. The van der Waals surface area contributed by atoms with Gasteiger partial charge in [0.05, 0.1) is 12.2 Å². The molecule has 2 aromatic carbocycles. The van der Waals surface area contributed by atoms with Crippen LogP contribution in [-0.2, 0) is 0 Å². The Balaban J connectivity index is 2.42. The zero-order valence-corrected chi connectivity index (χ0v) is 14.6. The average Bonchev–Trinajstić information content (AvgIpc) is 2.56. The number of benzene rings is 2. The Kier molecular flexibility index (Phi) is 6.63. The molecule has 0 aliphatic rings. The van der Waals surface area contributed by atoms with Gasteiger partial charge in [-0.25, -0.2) is 0 Å². The van der Waals surface area contributed by atoms with Crippen LogP contribution in [0.4, 0.5) is 0 Å². The molecule has 0 saturated heterocycles. The summed E-state index contributed by atoms with van der Waals surface area (Å²) in [6.45, 7) is 1.35. The summed E-state index contributed by atoms with van der Waals surface area (Å²) in [5.41, 5.74) is 1.43. The Morgan fingerprint density at radius 1 is 0.625 bits per heavy atom. The van der Waals surface area contributed by atoms with Gasteiger partial charge >= 0.3 is 0 Å². The van der Waals surface area contributed by atoms with Crippen molar-refractivity contribution in [2.45, 2.75) is 37.3 Å². The molecule has 4 nitrogen and oxygen atoms in total. The third kappa shape index (κ3) is 4.48. The molecule has 0 amide bonds. The first-order valence-corrected chi connectivity index (χ1v) is 8.30. The highest BCUT2D eigenvalue weighted by Gasteiger charge is 2.35. The normalized spacial score (nSPS) is 16.7. The van der Waals surface area contributed by atoms with E-state index in [-0.39, 0.29) is 0 Å². The fourth-order valence-electron chi connectivity index (χ4n) is 2.61. The zero-order chi connectivity index (χ0) is 17.9. The molecule has 0 spiro atoms. The van der Waals surface area contributed by atoms with Crippen LogP contribution in [0.3, 0.4) is 0 Å². The van der Waals surface area contributed by atoms with Gasteiger partial charge in [-0.05, 0) is 42.3 Å². The minimum atomic E-state index is -1.53. The molecular weight excluding hydrogens is 351 g/mol. The number of aliphatic hydroxyl groups excluding tert-OH is 4. The maximum absolute atomic E-state index is 10.7. The standard InChI is InChI=1S/C18H20Cl2O4/c1-10(21)16(22)18(24)17(23)15(11-2-6-13(19)7-3-11)12-4-8-14(20)9-5-12/h2-10,15-18,21-24H,1H3. The molecule has 24 heavy (non-hydrogen) atoms. The van der Waals surface area contributed by atoms with Crippen LogP contribution in [0, 0.1) is 0 Å². The van der Waals surface area contributed by atoms with Crippen molar-refractivity contribution in [3.05, 3.63) is 69.7 Å². The minimum absolute atomic E-state index is 0.549. The lowest BCUT2D eigenvalue weighted by Crippen LogP contribution is -2.46. The molecule has 0 aliphatic heterocycles. The van der Waals surface area contributed by atoms with Crippen LogP contribution in [0.2, 0.25) is 10.0 Å². The summed E-state index contributed by atoms with van der Waals surface area (Å²) >= 11 is 11.8. The molecule has 0 bridgehead atoms. The first kappa shape index (κ1) is 19.2. The Labute approximate surface area is 150 Å². The van der Waals surface area contributed by atoms with Crippen LogP contribution in [-0.4, -0.2) is 44.8 Å². The lowest BCUT2D eigenvalue weighted by Gasteiger charge is -2.31. The molecule has 0 saturated carbocycles. The van der Waals surface area contributed by atoms with Gasteiger partial charge in [0.15, 0.2) is 0 Å². The van der Waals surface area contributed by atoms with Crippen molar-refractivity contribution in [3.63, 3.8) is 0 Å². The Morgan fingerprint density at radius 2 is 1.00 bits per heavy atom. The van der Waals surface area contributed by atoms with Crippen molar-refractivity contribution in [1.29, 1.82) is 0 Å². The van der Waals surface area contributed by atoms with Crippen LogP contribution in [0.5, 0.6) is 0 Å². The topological polar surface area (TPSA) is 80.9 Å². The van der Waals surface area contributed by atoms with Gasteiger partial charge in [-0.15, -0.1) is 0 Å². The van der Waals surface area contributed by atoms with Crippen LogP contribution < -0.4 is 0 Å². The third-order valence-electron chi connectivity index (χ3n) is 3.99. The van der Waals surface area contributed by atoms with Crippen LogP contribution >= 0.6 is 23.2 Å². The number of rotatable bonds is 6. The van der Waals surface area contributed by atoms with E-state index in [2.05, 4.69) is 0 Å². The maximum atomic E-state index is 10.7. The minimum Gasteiger partial charge on any atom is -0.391 e. The fraction of sp³-hybridized carbons (Fsp3) is 0.333. The molecule has 0 heterocycles. The maximum Gasteiger partial charge on any atom is 0.109 e. The predicted molar refractivity (Wildman–Crippen MR) is 94.4 cm³/mol. The van der Waals surface area contributed by atoms with Gasteiger partial charge in [-0.2, -0.15) is 0 Å². The smallest absolute Gasteiger partial charge is 0.109 e. The van der Waals surface area contributed by atoms with Crippen molar-refractivity contribution in [2.24, 2.45) is 0 Å². The summed E-state index contributed by atoms with van der Waals surface area (Å²) in [5.74, 6) is -0.622. The SMILES string of the molecule is CC(O)C(O)C(O)C(O)C(c1ccc(Cl)cc1)c1ccc(Cl)cc1. The summed E-state index contributed by atoms with van der Waals surface area (Å²) in [7, 11) is 0. The van der Waals surface area contributed by atoms with Gasteiger partial charge in [0.2, 0.25) is 0 Å². The highest BCUT2D eigenvalue weighted by Crippen LogP contribution is 2.32. The van der Waals surface area contributed by atoms with Crippen LogP contribution in [0.25, 0.3) is 0 Å². The molecule has 130 valence electrons. The summed E-state index contributed by atoms with van der Waals surface area (Å²) in [6, 6.07) is 13.7. The quantitative estimate of drug-likeness (QED) is 0.629. The van der Waals surface area contributed by atoms with E-state index >= 15 is 0 Å². The van der Waals surface area contributed by atoms with Crippen molar-refractivity contribution >= 4 is 23.2 Å². The van der Waals surface area contributed by atoms with Crippen molar-refractivity contribution in [2.75, 3.05) is 0 Å². The van der Waals surface area contributed by atoms with Crippen LogP contribution in [0.15, 0.2) is 48.5 Å². The number of hydrogen-bond donors (Lipinski definition) is 4. The number of halogens is 2. The Bertz CT molecular complexity index is 598. The van der Waals surface area contributed by atoms with Gasteiger partial charge in [0, 0.05) is 16.0 Å². The van der Waals surface area contributed by atoms with Gasteiger partial charge in [-0.3, -0.25) is 0 Å². The molecule has 2 rings (SSSR count). The van der Waals surface area contributed by atoms with Crippen molar-refractivity contribution < 1.29 is 20.4 Å². The molecule has 4 N–H and O–H groups in total. The third-order valence-corrected chi connectivity index (χ3v) is 4.50. The summed E-state index contributed by atoms with van der Waals surface area (Å²) in [6.07, 6.45) is -5.51. The molecule has 0 aromatic heterocycles. The van der Waals surface area contributed by atoms with E-state index < -0.39 is 30.3 Å². The first-order valence-electron chi connectivity index (χ1n) is 7.54. The molecule has 4 unspecified atom stereocenters. The second-order valence-electron chi connectivity index (χ2n) is 5.79. The molecule has 0 fully saturated rings. The van der Waals surface area contributed by atoms with Gasteiger partial charge in [0.1, 0.15) is 12.2 Å². The second-order valence-corrected chi connectivity index (χ2v) is 6.67. The predicted octanol–water partition coefficient (Wildman–Crippen LogP) is 2.59. The highest BCUT2D eigenvalue weighted by atomic mass is 35.5. The lowest BCUT2D eigenvalue weighted by atomic mass is 9.82. The summed E-state index contributed by atoms with van der Waals surface area (Å²) < 4.78 is 0. The molecular formula is C18H20Cl2O4. The number of aliphatic hydroxyl groups is 4. The van der Waals surface area contributed by atoms with E-state index in [1.54, 1.807) is 48.5 Å². The van der Waals surface area contributed by atoms with E-state index in [1.807, 2.05) is 0 Å². The largest absolute Gasteiger partial charge is 0.391 e. The zero-order valence-electron chi connectivity index (χ0n) is 13.1. The van der Waals surface area contributed by atoms with Gasteiger partial charge < -0.3 is 20.4 Å². The molecule has 2 aromatic rings. The molecule has 6 heteroatoms. The Hall–Kier alpha value is -1.14. The Morgan fingerprint density at radius 3 is 1.33 bits per heavy atom. The molecule has 0 radical (unpaired) electrons. The lowest BCUT2D eigenvalue weighted by molar-refractivity contribution is -0.103. The summed E-state index contributed by atoms with van der Waals surface area (Å²) in [5, 5.41) is 41.4. The monoisotopic (exact) mass is 370 g/mol. The molecule has 4 atom stereocenters. The second kappa shape index (κ2) is 8.30. The highest BCUT2D eigenvalue weighted by molar-refractivity contribution is 6.30. The van der Waals surface area contributed by atoms with Crippen molar-refractivity contribution in [1.82, 2.24) is 0 Å². The van der Waals surface area contributed by atoms with Gasteiger partial charge in [-0.1, -0.05) is 47.5 Å². The molecule has 0 aliphatic carbocycles. The van der Waals surface area contributed by atoms with E-state index in [4.69, 9.17) is 23.2 Å². The summed E-state index contributed by atoms with van der Waals surface area (Å²) in [4.78, 5) is 0.